The number of rotatable bonds is 2. The third-order valence-corrected chi connectivity index (χ3v) is 4.47. The quantitative estimate of drug-likeness (QED) is 0.852. The lowest BCUT2D eigenvalue weighted by Gasteiger charge is -2.21. The van der Waals surface area contributed by atoms with E-state index < -0.39 is 0 Å². The predicted molar refractivity (Wildman–Crippen MR) is 94.7 cm³/mol. The Balaban J connectivity index is 1.70. The highest BCUT2D eigenvalue weighted by Gasteiger charge is 2.21. The molecule has 2 aromatic rings. The van der Waals surface area contributed by atoms with Gasteiger partial charge in [-0.05, 0) is 29.7 Å². The van der Waals surface area contributed by atoms with Gasteiger partial charge in [0, 0.05) is 38.7 Å². The van der Waals surface area contributed by atoms with Gasteiger partial charge in [0.1, 0.15) is 0 Å². The van der Waals surface area contributed by atoms with Crippen molar-refractivity contribution in [1.29, 1.82) is 0 Å². The van der Waals surface area contributed by atoms with Gasteiger partial charge in [0.25, 0.3) is 5.91 Å². The van der Waals surface area contributed by atoms with Crippen molar-refractivity contribution in [2.24, 2.45) is 0 Å². The van der Waals surface area contributed by atoms with Crippen LogP contribution in [0.15, 0.2) is 54.6 Å². The molecule has 4 heteroatoms. The number of carbonyl (C=O) groups is 2. The van der Waals surface area contributed by atoms with E-state index in [2.05, 4.69) is 12.1 Å². The molecule has 1 aliphatic heterocycles. The van der Waals surface area contributed by atoms with Gasteiger partial charge in [-0.3, -0.25) is 9.59 Å². The van der Waals surface area contributed by atoms with Crippen molar-refractivity contribution in [3.63, 3.8) is 0 Å². The van der Waals surface area contributed by atoms with Crippen LogP contribution in [0.4, 0.5) is 0 Å². The molecule has 1 saturated heterocycles. The SMILES string of the molecule is CC(=O)N1CCCN(C(=O)c2ccc(-c3ccccc3)cc2)CC1. The van der Waals surface area contributed by atoms with Crippen LogP contribution in [0.3, 0.4) is 0 Å². The van der Waals surface area contributed by atoms with E-state index >= 15 is 0 Å². The third-order valence-electron chi connectivity index (χ3n) is 4.47. The molecule has 124 valence electrons. The minimum Gasteiger partial charge on any atom is -0.341 e. The summed E-state index contributed by atoms with van der Waals surface area (Å²) in [4.78, 5) is 27.9. The Hall–Kier alpha value is -2.62. The molecule has 0 radical (unpaired) electrons. The molecule has 2 aromatic carbocycles. The Morgan fingerprint density at radius 3 is 2.00 bits per heavy atom. The monoisotopic (exact) mass is 322 g/mol. The van der Waals surface area contributed by atoms with Crippen LogP contribution in [0.25, 0.3) is 11.1 Å². The lowest BCUT2D eigenvalue weighted by Crippen LogP contribution is -2.36. The second-order valence-corrected chi connectivity index (χ2v) is 6.10. The first kappa shape index (κ1) is 16.2. The maximum Gasteiger partial charge on any atom is 0.253 e. The summed E-state index contributed by atoms with van der Waals surface area (Å²) in [6.45, 7) is 4.22. The molecule has 2 amide bonds. The first-order chi connectivity index (χ1) is 11.6. The average molecular weight is 322 g/mol. The summed E-state index contributed by atoms with van der Waals surface area (Å²) in [6, 6.07) is 17.9. The fourth-order valence-corrected chi connectivity index (χ4v) is 3.05. The molecule has 3 rings (SSSR count). The topological polar surface area (TPSA) is 40.6 Å². The Kier molecular flexibility index (Phi) is 4.94. The summed E-state index contributed by atoms with van der Waals surface area (Å²) in [7, 11) is 0. The van der Waals surface area contributed by atoms with Crippen LogP contribution in [0.1, 0.15) is 23.7 Å². The maximum atomic E-state index is 12.7. The summed E-state index contributed by atoms with van der Waals surface area (Å²) >= 11 is 0. The van der Waals surface area contributed by atoms with Crippen LogP contribution in [-0.4, -0.2) is 47.8 Å². The molecule has 1 aliphatic rings. The fraction of sp³-hybridized carbons (Fsp3) is 0.300. The second kappa shape index (κ2) is 7.30. The normalized spacial score (nSPS) is 15.0. The van der Waals surface area contributed by atoms with Crippen molar-refractivity contribution >= 4 is 11.8 Å². The van der Waals surface area contributed by atoms with Crippen LogP contribution in [0, 0.1) is 0 Å². The van der Waals surface area contributed by atoms with Gasteiger partial charge in [0.2, 0.25) is 5.91 Å². The van der Waals surface area contributed by atoms with E-state index in [-0.39, 0.29) is 11.8 Å². The van der Waals surface area contributed by atoms with E-state index in [9.17, 15) is 9.59 Å². The van der Waals surface area contributed by atoms with Crippen molar-refractivity contribution in [2.45, 2.75) is 13.3 Å². The van der Waals surface area contributed by atoms with Gasteiger partial charge in [-0.1, -0.05) is 42.5 Å². The van der Waals surface area contributed by atoms with E-state index in [4.69, 9.17) is 0 Å². The van der Waals surface area contributed by atoms with Crippen molar-refractivity contribution in [1.82, 2.24) is 9.80 Å². The van der Waals surface area contributed by atoms with Gasteiger partial charge in [0.15, 0.2) is 0 Å². The van der Waals surface area contributed by atoms with Gasteiger partial charge >= 0.3 is 0 Å². The van der Waals surface area contributed by atoms with E-state index in [1.165, 1.54) is 0 Å². The summed E-state index contributed by atoms with van der Waals surface area (Å²) in [5.74, 6) is 0.122. The number of hydrogen-bond donors (Lipinski definition) is 0. The molecule has 1 heterocycles. The number of nitrogens with zero attached hydrogens (tertiary/aromatic N) is 2. The highest BCUT2D eigenvalue weighted by atomic mass is 16.2. The van der Waals surface area contributed by atoms with Gasteiger partial charge in [-0.2, -0.15) is 0 Å². The summed E-state index contributed by atoms with van der Waals surface area (Å²) in [5.41, 5.74) is 2.94. The molecule has 4 nitrogen and oxygen atoms in total. The molecule has 0 bridgehead atoms. The fourth-order valence-electron chi connectivity index (χ4n) is 3.05. The zero-order valence-electron chi connectivity index (χ0n) is 13.9. The molecule has 0 spiro atoms. The van der Waals surface area contributed by atoms with Gasteiger partial charge in [-0.25, -0.2) is 0 Å². The molecular formula is C20H22N2O2. The molecule has 0 N–H and O–H groups in total. The molecule has 24 heavy (non-hydrogen) atoms. The zero-order chi connectivity index (χ0) is 16.9. The first-order valence-corrected chi connectivity index (χ1v) is 8.35. The van der Waals surface area contributed by atoms with E-state index in [0.717, 1.165) is 24.1 Å². The third kappa shape index (κ3) is 3.65. The molecule has 0 atom stereocenters. The molecule has 0 aromatic heterocycles. The number of amides is 2. The van der Waals surface area contributed by atoms with E-state index in [1.54, 1.807) is 6.92 Å². The van der Waals surface area contributed by atoms with Crippen molar-refractivity contribution < 1.29 is 9.59 Å². The average Bonchev–Trinajstić information content (AvgIpc) is 2.88. The minimum atomic E-state index is 0.0417. The molecule has 1 fully saturated rings. The highest BCUT2D eigenvalue weighted by Crippen LogP contribution is 2.20. The minimum absolute atomic E-state index is 0.0417. The number of benzene rings is 2. The second-order valence-electron chi connectivity index (χ2n) is 6.10. The van der Waals surface area contributed by atoms with Crippen molar-refractivity contribution in [3.8, 4) is 11.1 Å². The number of hydrogen-bond acceptors (Lipinski definition) is 2. The van der Waals surface area contributed by atoms with Crippen LogP contribution < -0.4 is 0 Å². The van der Waals surface area contributed by atoms with Gasteiger partial charge < -0.3 is 9.80 Å². The van der Waals surface area contributed by atoms with Crippen LogP contribution in [0.5, 0.6) is 0 Å². The summed E-state index contributed by atoms with van der Waals surface area (Å²) < 4.78 is 0. The van der Waals surface area contributed by atoms with E-state index in [1.807, 2.05) is 52.3 Å². The molecule has 0 aliphatic carbocycles. The Morgan fingerprint density at radius 2 is 1.33 bits per heavy atom. The molecule has 0 saturated carbocycles. The first-order valence-electron chi connectivity index (χ1n) is 8.35. The lowest BCUT2D eigenvalue weighted by atomic mass is 10.0. The Labute approximate surface area is 142 Å². The lowest BCUT2D eigenvalue weighted by molar-refractivity contribution is -0.128. The van der Waals surface area contributed by atoms with Gasteiger partial charge in [0.05, 0.1) is 0 Å². The summed E-state index contributed by atoms with van der Waals surface area (Å²) in [5, 5.41) is 0. The van der Waals surface area contributed by atoms with Crippen LogP contribution in [-0.2, 0) is 4.79 Å². The van der Waals surface area contributed by atoms with Crippen molar-refractivity contribution in [3.05, 3.63) is 60.2 Å². The van der Waals surface area contributed by atoms with Crippen LogP contribution in [0.2, 0.25) is 0 Å². The van der Waals surface area contributed by atoms with Crippen LogP contribution >= 0.6 is 0 Å². The largest absolute Gasteiger partial charge is 0.341 e. The predicted octanol–water partition coefficient (Wildman–Crippen LogP) is 3.05. The number of carbonyl (C=O) groups excluding carboxylic acids is 2. The van der Waals surface area contributed by atoms with E-state index in [0.29, 0.717) is 25.2 Å². The smallest absolute Gasteiger partial charge is 0.253 e. The zero-order valence-corrected chi connectivity index (χ0v) is 13.9. The Bertz CT molecular complexity index is 710. The Morgan fingerprint density at radius 1 is 0.750 bits per heavy atom. The standard InChI is InChI=1S/C20H22N2O2/c1-16(23)21-12-5-13-22(15-14-21)20(24)19-10-8-18(9-11-19)17-6-3-2-4-7-17/h2-4,6-11H,5,12-15H2,1H3. The van der Waals surface area contributed by atoms with Crippen molar-refractivity contribution in [2.75, 3.05) is 26.2 Å². The maximum absolute atomic E-state index is 12.7. The summed E-state index contributed by atoms with van der Waals surface area (Å²) in [6.07, 6.45) is 0.827. The highest BCUT2D eigenvalue weighted by molar-refractivity contribution is 5.94. The molecular weight excluding hydrogens is 300 g/mol. The molecule has 0 unspecified atom stereocenters. The van der Waals surface area contributed by atoms with Gasteiger partial charge in [-0.15, -0.1) is 0 Å².